The SMILES string of the molecule is CNCc1c(C)nn(Cc2cncc(C)c2)c1C. The zero-order chi connectivity index (χ0) is 13.1. The Hall–Kier alpha value is -1.68. The molecule has 1 N–H and O–H groups in total. The molecule has 2 aromatic heterocycles. The number of nitrogens with one attached hydrogen (secondary N) is 1. The molecule has 4 nitrogen and oxygen atoms in total. The third kappa shape index (κ3) is 2.59. The van der Waals surface area contributed by atoms with Crippen LogP contribution < -0.4 is 5.32 Å². The molecular weight excluding hydrogens is 224 g/mol. The number of aromatic nitrogens is 3. The highest BCUT2D eigenvalue weighted by atomic mass is 15.3. The molecule has 2 aromatic rings. The lowest BCUT2D eigenvalue weighted by Gasteiger charge is -2.06. The number of rotatable bonds is 4. The van der Waals surface area contributed by atoms with Gasteiger partial charge in [0, 0.05) is 30.2 Å². The van der Waals surface area contributed by atoms with Crippen molar-refractivity contribution >= 4 is 0 Å². The second-order valence-corrected chi connectivity index (χ2v) is 4.71. The van der Waals surface area contributed by atoms with E-state index in [1.54, 1.807) is 0 Å². The molecule has 0 saturated carbocycles. The van der Waals surface area contributed by atoms with Crippen molar-refractivity contribution in [1.29, 1.82) is 0 Å². The summed E-state index contributed by atoms with van der Waals surface area (Å²) >= 11 is 0. The fourth-order valence-electron chi connectivity index (χ4n) is 2.20. The van der Waals surface area contributed by atoms with Crippen LogP contribution in [0.1, 0.15) is 28.1 Å². The highest BCUT2D eigenvalue weighted by molar-refractivity contribution is 5.26. The van der Waals surface area contributed by atoms with Crippen molar-refractivity contribution in [3.63, 3.8) is 0 Å². The molecule has 0 aliphatic heterocycles. The monoisotopic (exact) mass is 244 g/mol. The molecule has 0 fully saturated rings. The predicted octanol–water partition coefficient (Wildman–Crippen LogP) is 1.97. The lowest BCUT2D eigenvalue weighted by atomic mass is 10.2. The minimum Gasteiger partial charge on any atom is -0.316 e. The lowest BCUT2D eigenvalue weighted by Crippen LogP contribution is -2.08. The zero-order valence-corrected chi connectivity index (χ0v) is 11.5. The summed E-state index contributed by atoms with van der Waals surface area (Å²) in [7, 11) is 1.96. The molecule has 0 unspecified atom stereocenters. The summed E-state index contributed by atoms with van der Waals surface area (Å²) in [6, 6.07) is 2.15. The van der Waals surface area contributed by atoms with Gasteiger partial charge in [0.2, 0.25) is 0 Å². The van der Waals surface area contributed by atoms with Gasteiger partial charge in [0.1, 0.15) is 0 Å². The molecule has 2 rings (SSSR count). The van der Waals surface area contributed by atoms with Crippen molar-refractivity contribution in [2.45, 2.75) is 33.9 Å². The van der Waals surface area contributed by atoms with Gasteiger partial charge in [-0.05, 0) is 38.9 Å². The van der Waals surface area contributed by atoms with Crippen LogP contribution in [0.4, 0.5) is 0 Å². The van der Waals surface area contributed by atoms with Gasteiger partial charge in [-0.1, -0.05) is 6.07 Å². The summed E-state index contributed by atoms with van der Waals surface area (Å²) in [5, 5.41) is 7.79. The molecule has 18 heavy (non-hydrogen) atoms. The Balaban J connectivity index is 2.27. The minimum absolute atomic E-state index is 0.783. The first-order valence-corrected chi connectivity index (χ1v) is 6.20. The van der Waals surface area contributed by atoms with Gasteiger partial charge >= 0.3 is 0 Å². The van der Waals surface area contributed by atoms with Crippen LogP contribution in [-0.4, -0.2) is 21.8 Å². The fourth-order valence-corrected chi connectivity index (χ4v) is 2.20. The first-order valence-electron chi connectivity index (χ1n) is 6.20. The summed E-state index contributed by atoms with van der Waals surface area (Å²) in [6.07, 6.45) is 3.78. The standard InChI is InChI=1S/C14H20N4/c1-10-5-13(7-16-6-10)9-18-12(3)14(8-15-4)11(2)17-18/h5-7,15H,8-9H2,1-4H3. The Morgan fingerprint density at radius 3 is 2.67 bits per heavy atom. The smallest absolute Gasteiger partial charge is 0.0677 e. The maximum Gasteiger partial charge on any atom is 0.0677 e. The van der Waals surface area contributed by atoms with Crippen molar-refractivity contribution in [1.82, 2.24) is 20.1 Å². The first kappa shape index (κ1) is 12.8. The Morgan fingerprint density at radius 2 is 2.00 bits per heavy atom. The van der Waals surface area contributed by atoms with E-state index in [1.807, 2.05) is 19.4 Å². The summed E-state index contributed by atoms with van der Waals surface area (Å²) in [4.78, 5) is 4.22. The van der Waals surface area contributed by atoms with E-state index in [1.165, 1.54) is 22.4 Å². The van der Waals surface area contributed by atoms with Crippen molar-refractivity contribution in [2.24, 2.45) is 0 Å². The van der Waals surface area contributed by atoms with Gasteiger partial charge in [-0.25, -0.2) is 0 Å². The van der Waals surface area contributed by atoms with E-state index >= 15 is 0 Å². The molecule has 4 heteroatoms. The van der Waals surface area contributed by atoms with Crippen LogP contribution in [-0.2, 0) is 13.1 Å². The second kappa shape index (κ2) is 5.31. The highest BCUT2D eigenvalue weighted by Gasteiger charge is 2.10. The van der Waals surface area contributed by atoms with Gasteiger partial charge in [0.05, 0.1) is 12.2 Å². The molecule has 96 valence electrons. The van der Waals surface area contributed by atoms with E-state index in [0.717, 1.165) is 18.8 Å². The van der Waals surface area contributed by atoms with Crippen molar-refractivity contribution < 1.29 is 0 Å². The van der Waals surface area contributed by atoms with Crippen LogP contribution in [0.3, 0.4) is 0 Å². The maximum atomic E-state index is 4.60. The van der Waals surface area contributed by atoms with Crippen LogP contribution in [0.5, 0.6) is 0 Å². The Morgan fingerprint density at radius 1 is 1.22 bits per heavy atom. The molecule has 0 aliphatic carbocycles. The third-order valence-corrected chi connectivity index (χ3v) is 3.15. The summed E-state index contributed by atoms with van der Waals surface area (Å²) < 4.78 is 2.05. The van der Waals surface area contributed by atoms with Crippen molar-refractivity contribution in [2.75, 3.05) is 7.05 Å². The predicted molar refractivity (Wildman–Crippen MR) is 72.5 cm³/mol. The minimum atomic E-state index is 0.783. The van der Waals surface area contributed by atoms with Crippen LogP contribution >= 0.6 is 0 Å². The Bertz CT molecular complexity index is 543. The lowest BCUT2D eigenvalue weighted by molar-refractivity contribution is 0.655. The fraction of sp³-hybridized carbons (Fsp3) is 0.429. The van der Waals surface area contributed by atoms with Crippen LogP contribution in [0, 0.1) is 20.8 Å². The molecule has 2 heterocycles. The number of pyridine rings is 1. The van der Waals surface area contributed by atoms with E-state index in [9.17, 15) is 0 Å². The summed E-state index contributed by atoms with van der Waals surface area (Å²) in [5.74, 6) is 0. The van der Waals surface area contributed by atoms with Gasteiger partial charge in [-0.15, -0.1) is 0 Å². The average molecular weight is 244 g/mol. The second-order valence-electron chi connectivity index (χ2n) is 4.71. The molecule has 0 bridgehead atoms. The van der Waals surface area contributed by atoms with Gasteiger partial charge in [0.25, 0.3) is 0 Å². The first-order chi connectivity index (χ1) is 8.61. The Kier molecular flexibility index (Phi) is 3.77. The number of nitrogens with zero attached hydrogens (tertiary/aromatic N) is 3. The third-order valence-electron chi connectivity index (χ3n) is 3.15. The number of hydrogen-bond donors (Lipinski definition) is 1. The number of hydrogen-bond acceptors (Lipinski definition) is 3. The molecule has 0 radical (unpaired) electrons. The van der Waals surface area contributed by atoms with E-state index in [2.05, 4.69) is 46.9 Å². The summed E-state index contributed by atoms with van der Waals surface area (Å²) in [5.41, 5.74) is 5.99. The van der Waals surface area contributed by atoms with E-state index in [4.69, 9.17) is 0 Å². The topological polar surface area (TPSA) is 42.7 Å². The maximum absolute atomic E-state index is 4.60. The molecular formula is C14H20N4. The van der Waals surface area contributed by atoms with Crippen LogP contribution in [0.25, 0.3) is 0 Å². The molecule has 0 amide bonds. The molecule has 0 spiro atoms. The largest absolute Gasteiger partial charge is 0.316 e. The van der Waals surface area contributed by atoms with E-state index in [0.29, 0.717) is 0 Å². The quantitative estimate of drug-likeness (QED) is 0.894. The van der Waals surface area contributed by atoms with E-state index in [-0.39, 0.29) is 0 Å². The molecule has 0 aromatic carbocycles. The summed E-state index contributed by atoms with van der Waals surface area (Å²) in [6.45, 7) is 7.89. The van der Waals surface area contributed by atoms with Gasteiger partial charge < -0.3 is 5.32 Å². The molecule has 0 atom stereocenters. The van der Waals surface area contributed by atoms with Gasteiger partial charge in [0.15, 0.2) is 0 Å². The van der Waals surface area contributed by atoms with Gasteiger partial charge in [-0.2, -0.15) is 5.10 Å². The van der Waals surface area contributed by atoms with Crippen molar-refractivity contribution in [3.8, 4) is 0 Å². The van der Waals surface area contributed by atoms with Crippen LogP contribution in [0.15, 0.2) is 18.5 Å². The number of aryl methyl sites for hydroxylation is 2. The molecule has 0 saturated heterocycles. The van der Waals surface area contributed by atoms with Gasteiger partial charge in [-0.3, -0.25) is 9.67 Å². The average Bonchev–Trinajstić information content (AvgIpc) is 2.57. The zero-order valence-electron chi connectivity index (χ0n) is 11.5. The van der Waals surface area contributed by atoms with Crippen molar-refractivity contribution in [3.05, 3.63) is 46.5 Å². The highest BCUT2D eigenvalue weighted by Crippen LogP contribution is 2.14. The van der Waals surface area contributed by atoms with Crippen LogP contribution in [0.2, 0.25) is 0 Å². The normalized spacial score (nSPS) is 10.9. The van der Waals surface area contributed by atoms with E-state index < -0.39 is 0 Å². The molecule has 0 aliphatic rings. The Labute approximate surface area is 108 Å².